The van der Waals surface area contributed by atoms with E-state index in [0.29, 0.717) is 37.9 Å². The van der Waals surface area contributed by atoms with Crippen LogP contribution in [0.1, 0.15) is 29.2 Å². The van der Waals surface area contributed by atoms with Gasteiger partial charge in [0.15, 0.2) is 11.6 Å². The molecule has 170 valence electrons. The second-order valence-corrected chi connectivity index (χ2v) is 8.08. The lowest BCUT2D eigenvalue weighted by molar-refractivity contribution is -0.116. The second kappa shape index (κ2) is 9.03. The Labute approximate surface area is 192 Å². The Balaban J connectivity index is 1.45. The number of fused-ring (bicyclic) bond motifs is 1. The molecule has 5 rings (SSSR count). The Kier molecular flexibility index (Phi) is 5.78. The molecule has 1 atom stereocenters. The fourth-order valence-electron chi connectivity index (χ4n) is 4.34. The summed E-state index contributed by atoms with van der Waals surface area (Å²) >= 11 is 0. The van der Waals surface area contributed by atoms with Gasteiger partial charge >= 0.3 is 0 Å². The highest BCUT2D eigenvalue weighted by Crippen LogP contribution is 2.40. The van der Waals surface area contributed by atoms with Gasteiger partial charge < -0.3 is 19.7 Å². The number of aryl methyl sites for hydroxylation is 1. The van der Waals surface area contributed by atoms with Crippen molar-refractivity contribution in [2.75, 3.05) is 43.1 Å². The third-order valence-corrected chi connectivity index (χ3v) is 5.94. The van der Waals surface area contributed by atoms with Crippen LogP contribution < -0.4 is 15.0 Å². The molecular weight excluding hydrogens is 420 g/mol. The SMILES string of the molecule is C=CCOc1ccc([C@@H]2CC(=O)Nc3c2c(C)nn3-c2ccc(N3CCOCC3)nn2)cc1. The summed E-state index contributed by atoms with van der Waals surface area (Å²) in [4.78, 5) is 14.8. The zero-order valence-corrected chi connectivity index (χ0v) is 18.5. The summed E-state index contributed by atoms with van der Waals surface area (Å²) in [5, 5.41) is 16.5. The molecule has 0 bridgehead atoms. The number of hydrogen-bond donors (Lipinski definition) is 1. The van der Waals surface area contributed by atoms with E-state index in [9.17, 15) is 4.79 Å². The Morgan fingerprint density at radius 1 is 1.15 bits per heavy atom. The monoisotopic (exact) mass is 446 g/mol. The molecule has 1 fully saturated rings. The molecule has 0 saturated carbocycles. The Bertz CT molecular complexity index is 1150. The summed E-state index contributed by atoms with van der Waals surface area (Å²) in [6, 6.07) is 11.6. The topological polar surface area (TPSA) is 94.4 Å². The predicted molar refractivity (Wildman–Crippen MR) is 124 cm³/mol. The van der Waals surface area contributed by atoms with E-state index in [0.717, 1.165) is 41.5 Å². The standard InChI is InChI=1S/C24H26N6O3/c1-3-12-33-18-6-4-17(5-7-18)19-15-22(31)25-24-23(19)16(2)28-30(24)21-9-8-20(26-27-21)29-10-13-32-14-11-29/h3-9,19H,1,10-15H2,2H3,(H,25,31)/t19-/m0/s1. The number of benzene rings is 1. The number of amides is 1. The quantitative estimate of drug-likeness (QED) is 0.582. The molecule has 2 aliphatic heterocycles. The molecule has 1 N–H and O–H groups in total. The van der Waals surface area contributed by atoms with Crippen LogP contribution in [0.5, 0.6) is 5.75 Å². The van der Waals surface area contributed by atoms with Gasteiger partial charge in [0.05, 0.1) is 18.9 Å². The molecular formula is C24H26N6O3. The molecule has 4 heterocycles. The molecule has 1 aromatic carbocycles. The first-order valence-corrected chi connectivity index (χ1v) is 11.0. The number of nitrogens with zero attached hydrogens (tertiary/aromatic N) is 5. The van der Waals surface area contributed by atoms with E-state index in [1.54, 1.807) is 10.8 Å². The van der Waals surface area contributed by atoms with Crippen molar-refractivity contribution >= 4 is 17.5 Å². The zero-order chi connectivity index (χ0) is 22.8. The molecule has 1 saturated heterocycles. The third kappa shape index (κ3) is 4.19. The van der Waals surface area contributed by atoms with E-state index in [1.807, 2.05) is 43.3 Å². The van der Waals surface area contributed by atoms with Crippen LogP contribution in [0.3, 0.4) is 0 Å². The van der Waals surface area contributed by atoms with Crippen LogP contribution in [0.25, 0.3) is 5.82 Å². The number of anilines is 2. The van der Waals surface area contributed by atoms with Crippen LogP contribution in [0.15, 0.2) is 49.1 Å². The molecule has 2 aromatic heterocycles. The summed E-state index contributed by atoms with van der Waals surface area (Å²) in [7, 11) is 0. The largest absolute Gasteiger partial charge is 0.490 e. The molecule has 1 amide bonds. The molecule has 9 heteroatoms. The first-order chi connectivity index (χ1) is 16.1. The van der Waals surface area contributed by atoms with Crippen molar-refractivity contribution < 1.29 is 14.3 Å². The maximum absolute atomic E-state index is 12.6. The lowest BCUT2D eigenvalue weighted by atomic mass is 9.86. The smallest absolute Gasteiger partial charge is 0.226 e. The van der Waals surface area contributed by atoms with Gasteiger partial charge in [0.1, 0.15) is 18.2 Å². The molecule has 0 unspecified atom stereocenters. The first kappa shape index (κ1) is 21.1. The van der Waals surface area contributed by atoms with Crippen LogP contribution in [-0.4, -0.2) is 58.8 Å². The normalized spacial score (nSPS) is 17.9. The van der Waals surface area contributed by atoms with E-state index in [2.05, 4.69) is 27.0 Å². The van der Waals surface area contributed by atoms with E-state index in [-0.39, 0.29) is 11.8 Å². The van der Waals surface area contributed by atoms with Gasteiger partial charge in [-0.05, 0) is 36.8 Å². The third-order valence-electron chi connectivity index (χ3n) is 5.94. The minimum Gasteiger partial charge on any atom is -0.490 e. The van der Waals surface area contributed by atoms with Gasteiger partial charge in [-0.2, -0.15) is 9.78 Å². The summed E-state index contributed by atoms with van der Waals surface area (Å²) < 4.78 is 12.7. The summed E-state index contributed by atoms with van der Waals surface area (Å²) in [6.07, 6.45) is 2.06. The molecule has 0 aliphatic carbocycles. The van der Waals surface area contributed by atoms with Crippen molar-refractivity contribution in [2.24, 2.45) is 0 Å². The molecule has 9 nitrogen and oxygen atoms in total. The average Bonchev–Trinajstić information content (AvgIpc) is 3.19. The predicted octanol–water partition coefficient (Wildman–Crippen LogP) is 2.85. The number of carbonyl (C=O) groups is 1. The van der Waals surface area contributed by atoms with Crippen LogP contribution in [0.2, 0.25) is 0 Å². The van der Waals surface area contributed by atoms with Crippen molar-refractivity contribution in [3.8, 4) is 11.6 Å². The minimum absolute atomic E-state index is 0.0569. The van der Waals surface area contributed by atoms with Gasteiger partial charge in [-0.25, -0.2) is 0 Å². The van der Waals surface area contributed by atoms with Crippen LogP contribution in [-0.2, 0) is 9.53 Å². The van der Waals surface area contributed by atoms with E-state index in [1.165, 1.54) is 0 Å². The van der Waals surface area contributed by atoms with Crippen LogP contribution >= 0.6 is 0 Å². The highest BCUT2D eigenvalue weighted by molar-refractivity contribution is 5.95. The van der Waals surface area contributed by atoms with Gasteiger partial charge in [-0.15, -0.1) is 10.2 Å². The number of hydrogen-bond acceptors (Lipinski definition) is 7. The lowest BCUT2D eigenvalue weighted by Gasteiger charge is -2.27. The van der Waals surface area contributed by atoms with E-state index < -0.39 is 0 Å². The lowest BCUT2D eigenvalue weighted by Crippen LogP contribution is -2.36. The van der Waals surface area contributed by atoms with Crippen molar-refractivity contribution in [1.82, 2.24) is 20.0 Å². The number of aromatic nitrogens is 4. The van der Waals surface area contributed by atoms with Crippen molar-refractivity contribution in [1.29, 1.82) is 0 Å². The van der Waals surface area contributed by atoms with Crippen molar-refractivity contribution in [3.63, 3.8) is 0 Å². The minimum atomic E-state index is -0.100. The van der Waals surface area contributed by atoms with Gasteiger partial charge in [0.2, 0.25) is 5.91 Å². The van der Waals surface area contributed by atoms with Crippen LogP contribution in [0.4, 0.5) is 11.6 Å². The molecule has 3 aromatic rings. The number of nitrogens with one attached hydrogen (secondary N) is 1. The number of morpholine rings is 1. The van der Waals surface area contributed by atoms with Gasteiger partial charge in [0, 0.05) is 31.0 Å². The molecule has 0 radical (unpaired) electrons. The van der Waals surface area contributed by atoms with E-state index >= 15 is 0 Å². The summed E-state index contributed by atoms with van der Waals surface area (Å²) in [6.45, 7) is 9.03. The van der Waals surface area contributed by atoms with Crippen molar-refractivity contribution in [3.05, 3.63) is 65.9 Å². The highest BCUT2D eigenvalue weighted by atomic mass is 16.5. The summed E-state index contributed by atoms with van der Waals surface area (Å²) in [5.41, 5.74) is 2.88. The molecule has 2 aliphatic rings. The van der Waals surface area contributed by atoms with Gasteiger partial charge in [0.25, 0.3) is 0 Å². The summed E-state index contributed by atoms with van der Waals surface area (Å²) in [5.74, 6) is 2.62. The number of rotatable bonds is 6. The Morgan fingerprint density at radius 3 is 2.58 bits per heavy atom. The van der Waals surface area contributed by atoms with Crippen LogP contribution in [0, 0.1) is 6.92 Å². The van der Waals surface area contributed by atoms with E-state index in [4.69, 9.17) is 14.6 Å². The van der Waals surface area contributed by atoms with Gasteiger partial charge in [-0.1, -0.05) is 24.8 Å². The Morgan fingerprint density at radius 2 is 1.88 bits per heavy atom. The fourth-order valence-corrected chi connectivity index (χ4v) is 4.34. The highest BCUT2D eigenvalue weighted by Gasteiger charge is 2.33. The van der Waals surface area contributed by atoms with Crippen molar-refractivity contribution in [2.45, 2.75) is 19.3 Å². The average molecular weight is 447 g/mol. The van der Waals surface area contributed by atoms with Gasteiger partial charge in [-0.3, -0.25) is 4.79 Å². The molecule has 33 heavy (non-hydrogen) atoms. The second-order valence-electron chi connectivity index (χ2n) is 8.08. The zero-order valence-electron chi connectivity index (χ0n) is 18.5. The Hall–Kier alpha value is -3.72. The molecule has 0 spiro atoms. The number of ether oxygens (including phenoxy) is 2. The maximum atomic E-state index is 12.6. The fraction of sp³-hybridized carbons (Fsp3) is 0.333. The maximum Gasteiger partial charge on any atom is 0.226 e. The number of carbonyl (C=O) groups excluding carboxylic acids is 1. The first-order valence-electron chi connectivity index (χ1n) is 11.0.